The Bertz CT molecular complexity index is 627. The van der Waals surface area contributed by atoms with Crippen LogP contribution >= 0.6 is 0 Å². The molecule has 0 saturated carbocycles. The third-order valence-corrected chi connectivity index (χ3v) is 5.53. The molecular formula is C13H18N2O4S. The van der Waals surface area contributed by atoms with E-state index in [-0.39, 0.29) is 23.3 Å². The van der Waals surface area contributed by atoms with Crippen molar-refractivity contribution in [2.45, 2.75) is 18.2 Å². The molecule has 1 aliphatic rings. The lowest BCUT2D eigenvalue weighted by Gasteiger charge is -2.18. The summed E-state index contributed by atoms with van der Waals surface area (Å²) < 4.78 is 31.1. The molecule has 1 atom stereocenters. The molecule has 2 rings (SSSR count). The van der Waals surface area contributed by atoms with Crippen LogP contribution in [0.3, 0.4) is 0 Å². The van der Waals surface area contributed by atoms with Crippen LogP contribution < -0.4 is 5.73 Å². The van der Waals surface area contributed by atoms with E-state index < -0.39 is 10.0 Å². The summed E-state index contributed by atoms with van der Waals surface area (Å²) in [6, 6.07) is 4.69. The van der Waals surface area contributed by atoms with Gasteiger partial charge in [0.25, 0.3) is 0 Å². The molecular weight excluding hydrogens is 280 g/mol. The highest BCUT2D eigenvalue weighted by atomic mass is 32.2. The molecule has 0 spiro atoms. The Hall–Kier alpha value is -1.60. The Balaban J connectivity index is 2.26. The third-order valence-electron chi connectivity index (χ3n) is 3.50. The van der Waals surface area contributed by atoms with Crippen LogP contribution in [0.1, 0.15) is 12.0 Å². The molecule has 0 bridgehead atoms. The standard InChI is InChI=1S/C13H18N2O4S/c1-9-7-11(14)3-4-12(9)20(17,18)15-6-5-10(8-15)13(16)19-2/h3-4,7,10H,5-6,8,14H2,1-2H3. The number of hydrogen-bond acceptors (Lipinski definition) is 5. The summed E-state index contributed by atoms with van der Waals surface area (Å²) >= 11 is 0. The monoisotopic (exact) mass is 298 g/mol. The Labute approximate surface area is 118 Å². The number of nitrogen functional groups attached to an aromatic ring is 1. The van der Waals surface area contributed by atoms with E-state index in [4.69, 9.17) is 5.73 Å². The number of ether oxygens (including phenoxy) is 1. The van der Waals surface area contributed by atoms with Gasteiger partial charge in [-0.3, -0.25) is 4.79 Å². The number of nitrogens with zero attached hydrogens (tertiary/aromatic N) is 1. The van der Waals surface area contributed by atoms with Gasteiger partial charge in [0.05, 0.1) is 17.9 Å². The zero-order valence-electron chi connectivity index (χ0n) is 11.5. The minimum Gasteiger partial charge on any atom is -0.469 e. The molecule has 7 heteroatoms. The molecule has 1 aliphatic heterocycles. The maximum atomic E-state index is 12.6. The van der Waals surface area contributed by atoms with Crippen molar-refractivity contribution >= 4 is 21.7 Å². The maximum Gasteiger partial charge on any atom is 0.310 e. The van der Waals surface area contributed by atoms with E-state index in [1.807, 2.05) is 0 Å². The quantitative estimate of drug-likeness (QED) is 0.657. The molecule has 0 amide bonds. The number of methoxy groups -OCH3 is 1. The van der Waals surface area contributed by atoms with E-state index in [1.165, 1.54) is 17.5 Å². The number of rotatable bonds is 3. The fourth-order valence-electron chi connectivity index (χ4n) is 2.41. The normalized spacial score (nSPS) is 20.0. The molecule has 0 aliphatic carbocycles. The lowest BCUT2D eigenvalue weighted by molar-refractivity contribution is -0.144. The first-order chi connectivity index (χ1) is 9.36. The van der Waals surface area contributed by atoms with Gasteiger partial charge >= 0.3 is 5.97 Å². The number of carbonyl (C=O) groups is 1. The fraction of sp³-hybridized carbons (Fsp3) is 0.462. The van der Waals surface area contributed by atoms with Crippen LogP contribution in [0, 0.1) is 12.8 Å². The molecule has 0 aromatic heterocycles. The SMILES string of the molecule is COC(=O)C1CCN(S(=O)(=O)c2ccc(N)cc2C)C1. The van der Waals surface area contributed by atoms with Gasteiger partial charge in [-0.2, -0.15) is 4.31 Å². The van der Waals surface area contributed by atoms with Crippen molar-refractivity contribution in [2.75, 3.05) is 25.9 Å². The summed E-state index contributed by atoms with van der Waals surface area (Å²) in [7, 11) is -2.28. The van der Waals surface area contributed by atoms with Gasteiger partial charge in [0, 0.05) is 18.8 Å². The Kier molecular flexibility index (Phi) is 4.01. The average molecular weight is 298 g/mol. The van der Waals surface area contributed by atoms with Gasteiger partial charge in [0.1, 0.15) is 0 Å². The van der Waals surface area contributed by atoms with Crippen LogP contribution in [0.4, 0.5) is 5.69 Å². The Morgan fingerprint density at radius 2 is 2.15 bits per heavy atom. The Morgan fingerprint density at radius 1 is 1.45 bits per heavy atom. The lowest BCUT2D eigenvalue weighted by atomic mass is 10.1. The molecule has 2 N–H and O–H groups in total. The largest absolute Gasteiger partial charge is 0.469 e. The molecule has 110 valence electrons. The van der Waals surface area contributed by atoms with Crippen molar-refractivity contribution in [3.63, 3.8) is 0 Å². The lowest BCUT2D eigenvalue weighted by Crippen LogP contribution is -2.30. The van der Waals surface area contributed by atoms with Crippen molar-refractivity contribution in [3.05, 3.63) is 23.8 Å². The van der Waals surface area contributed by atoms with Gasteiger partial charge in [0.15, 0.2) is 0 Å². The van der Waals surface area contributed by atoms with Crippen molar-refractivity contribution < 1.29 is 17.9 Å². The van der Waals surface area contributed by atoms with Crippen LogP contribution in [0.5, 0.6) is 0 Å². The summed E-state index contributed by atoms with van der Waals surface area (Å²) in [5, 5.41) is 0. The van der Waals surface area contributed by atoms with Gasteiger partial charge in [-0.05, 0) is 37.1 Å². The number of aryl methyl sites for hydroxylation is 1. The van der Waals surface area contributed by atoms with Crippen molar-refractivity contribution in [2.24, 2.45) is 5.92 Å². The van der Waals surface area contributed by atoms with Crippen LogP contribution in [-0.2, 0) is 19.6 Å². The van der Waals surface area contributed by atoms with Gasteiger partial charge in [0.2, 0.25) is 10.0 Å². The van der Waals surface area contributed by atoms with E-state index in [9.17, 15) is 13.2 Å². The van der Waals surface area contributed by atoms with Gasteiger partial charge in [-0.1, -0.05) is 0 Å². The minimum atomic E-state index is -3.59. The van der Waals surface area contributed by atoms with E-state index >= 15 is 0 Å². The molecule has 20 heavy (non-hydrogen) atoms. The van der Waals surface area contributed by atoms with E-state index in [2.05, 4.69) is 4.74 Å². The van der Waals surface area contributed by atoms with Crippen LogP contribution in [0.2, 0.25) is 0 Å². The van der Waals surface area contributed by atoms with E-state index in [0.29, 0.717) is 24.2 Å². The fourth-order valence-corrected chi connectivity index (χ4v) is 4.11. The predicted octanol–water partition coefficient (Wildman–Crippen LogP) is 0.761. The number of sulfonamides is 1. The van der Waals surface area contributed by atoms with E-state index in [0.717, 1.165) is 0 Å². The van der Waals surface area contributed by atoms with E-state index in [1.54, 1.807) is 19.1 Å². The number of nitrogens with two attached hydrogens (primary N) is 1. The molecule has 1 fully saturated rings. The number of anilines is 1. The smallest absolute Gasteiger partial charge is 0.310 e. The topological polar surface area (TPSA) is 89.7 Å². The molecule has 6 nitrogen and oxygen atoms in total. The molecule has 1 aromatic rings. The first-order valence-electron chi connectivity index (χ1n) is 6.30. The summed E-state index contributed by atoms with van der Waals surface area (Å²) in [4.78, 5) is 11.7. The highest BCUT2D eigenvalue weighted by Crippen LogP contribution is 2.27. The number of benzene rings is 1. The van der Waals surface area contributed by atoms with Crippen LogP contribution in [-0.4, -0.2) is 38.9 Å². The molecule has 0 radical (unpaired) electrons. The minimum absolute atomic E-state index is 0.165. The first-order valence-corrected chi connectivity index (χ1v) is 7.74. The van der Waals surface area contributed by atoms with Crippen LogP contribution in [0.15, 0.2) is 23.1 Å². The highest BCUT2D eigenvalue weighted by Gasteiger charge is 2.36. The number of esters is 1. The highest BCUT2D eigenvalue weighted by molar-refractivity contribution is 7.89. The zero-order chi connectivity index (χ0) is 14.9. The number of carbonyl (C=O) groups excluding carboxylic acids is 1. The summed E-state index contributed by atoms with van der Waals surface area (Å²) in [5.41, 5.74) is 6.76. The third kappa shape index (κ3) is 2.64. The van der Waals surface area contributed by atoms with Crippen molar-refractivity contribution in [1.82, 2.24) is 4.31 Å². The van der Waals surface area contributed by atoms with Crippen LogP contribution in [0.25, 0.3) is 0 Å². The van der Waals surface area contributed by atoms with Gasteiger partial charge < -0.3 is 10.5 Å². The molecule has 1 saturated heterocycles. The average Bonchev–Trinajstić information content (AvgIpc) is 2.87. The zero-order valence-corrected chi connectivity index (χ0v) is 12.3. The van der Waals surface area contributed by atoms with Gasteiger partial charge in [-0.15, -0.1) is 0 Å². The first kappa shape index (κ1) is 14.8. The summed E-state index contributed by atoms with van der Waals surface area (Å²) in [5.74, 6) is -0.749. The maximum absolute atomic E-state index is 12.6. The summed E-state index contributed by atoms with van der Waals surface area (Å²) in [6.07, 6.45) is 0.486. The van der Waals surface area contributed by atoms with Gasteiger partial charge in [-0.25, -0.2) is 8.42 Å². The second-order valence-corrected chi connectivity index (χ2v) is 6.80. The molecule has 1 aromatic carbocycles. The van der Waals surface area contributed by atoms with Crippen molar-refractivity contribution in [1.29, 1.82) is 0 Å². The molecule has 1 unspecified atom stereocenters. The second kappa shape index (κ2) is 5.41. The predicted molar refractivity (Wildman–Crippen MR) is 74.5 cm³/mol. The summed E-state index contributed by atoms with van der Waals surface area (Å²) in [6.45, 7) is 2.20. The number of hydrogen-bond donors (Lipinski definition) is 1. The molecule has 1 heterocycles. The van der Waals surface area contributed by atoms with Crippen molar-refractivity contribution in [3.8, 4) is 0 Å². The second-order valence-electron chi connectivity index (χ2n) is 4.90. The Morgan fingerprint density at radius 3 is 2.75 bits per heavy atom.